The summed E-state index contributed by atoms with van der Waals surface area (Å²) >= 11 is 13.3. The number of carboxylic acid groups (broad SMARTS) is 1. The molecule has 2 atom stereocenters. The van der Waals surface area contributed by atoms with Crippen LogP contribution in [0.25, 0.3) is 11.3 Å². The maximum absolute atomic E-state index is 14.8. The number of aliphatic carboxylic acids is 1. The van der Waals surface area contributed by atoms with Crippen LogP contribution in [0.3, 0.4) is 0 Å². The monoisotopic (exact) mass is 446 g/mol. The first-order valence-electron chi connectivity index (χ1n) is 8.54. The van der Waals surface area contributed by atoms with E-state index in [-0.39, 0.29) is 5.69 Å². The van der Waals surface area contributed by atoms with E-state index in [9.17, 15) is 14.3 Å². The van der Waals surface area contributed by atoms with E-state index in [0.29, 0.717) is 20.7 Å². The predicted molar refractivity (Wildman–Crippen MR) is 112 cm³/mol. The van der Waals surface area contributed by atoms with Gasteiger partial charge < -0.3 is 5.11 Å². The van der Waals surface area contributed by atoms with Gasteiger partial charge in [0.05, 0.1) is 27.4 Å². The summed E-state index contributed by atoms with van der Waals surface area (Å²) in [7, 11) is 0. The molecule has 2 aromatic heterocycles. The van der Waals surface area contributed by atoms with E-state index in [2.05, 4.69) is 9.97 Å². The molecule has 1 N–H and O–H groups in total. The lowest BCUT2D eigenvalue weighted by atomic mass is 9.70. The van der Waals surface area contributed by atoms with E-state index in [1.54, 1.807) is 41.8 Å². The van der Waals surface area contributed by atoms with Gasteiger partial charge in [-0.2, -0.15) is 0 Å². The van der Waals surface area contributed by atoms with Crippen LogP contribution >= 0.6 is 34.5 Å². The molecule has 1 aliphatic carbocycles. The standard InChI is InChI=1S/C21H13Cl2FN2O2S/c22-14-7-6-12(10-15(14)23)17-11-29-20(26-17)21(18-16(24)5-3-9-25-18)8-2-1-4-13(21)19(27)28/h1-11,13H,(H,27,28). The number of benzene rings is 1. The maximum atomic E-state index is 14.8. The Morgan fingerprint density at radius 1 is 1.21 bits per heavy atom. The largest absolute Gasteiger partial charge is 0.481 e. The summed E-state index contributed by atoms with van der Waals surface area (Å²) in [4.78, 5) is 21.0. The van der Waals surface area contributed by atoms with Gasteiger partial charge in [-0.05, 0) is 24.3 Å². The number of hydrogen-bond acceptors (Lipinski definition) is 4. The van der Waals surface area contributed by atoms with E-state index in [0.717, 1.165) is 5.56 Å². The fourth-order valence-corrected chi connectivity index (χ4v) is 4.74. The van der Waals surface area contributed by atoms with Gasteiger partial charge in [0.1, 0.15) is 16.2 Å². The Labute approximate surface area is 180 Å². The number of pyridine rings is 1. The molecule has 1 aliphatic rings. The highest BCUT2D eigenvalue weighted by molar-refractivity contribution is 7.10. The van der Waals surface area contributed by atoms with Gasteiger partial charge in [0.2, 0.25) is 0 Å². The van der Waals surface area contributed by atoms with Crippen LogP contribution in [-0.2, 0) is 10.2 Å². The molecule has 146 valence electrons. The fourth-order valence-electron chi connectivity index (χ4n) is 3.39. The Hall–Kier alpha value is -2.54. The Balaban J connectivity index is 1.92. The first-order chi connectivity index (χ1) is 13.9. The number of rotatable bonds is 4. The highest BCUT2D eigenvalue weighted by Crippen LogP contribution is 2.45. The summed E-state index contributed by atoms with van der Waals surface area (Å²) in [5, 5.41) is 12.9. The van der Waals surface area contributed by atoms with Crippen molar-refractivity contribution in [3.05, 3.63) is 92.8 Å². The fraction of sp³-hybridized carbons (Fsp3) is 0.0952. The van der Waals surface area contributed by atoms with Gasteiger partial charge in [-0.3, -0.25) is 9.78 Å². The molecule has 2 unspecified atom stereocenters. The zero-order valence-electron chi connectivity index (χ0n) is 14.7. The SMILES string of the molecule is O=C(O)C1C=CC=CC1(c1nc(-c2ccc(Cl)c(Cl)c2)cs1)c1ncccc1F. The summed E-state index contributed by atoms with van der Waals surface area (Å²) < 4.78 is 14.8. The normalized spacial score (nSPS) is 20.7. The Kier molecular flexibility index (Phi) is 5.25. The van der Waals surface area contributed by atoms with Crippen LogP contribution in [0.15, 0.2) is 66.2 Å². The van der Waals surface area contributed by atoms with Crippen molar-refractivity contribution in [1.29, 1.82) is 0 Å². The van der Waals surface area contributed by atoms with Crippen molar-refractivity contribution in [2.45, 2.75) is 5.41 Å². The van der Waals surface area contributed by atoms with Crippen LogP contribution in [0.1, 0.15) is 10.7 Å². The van der Waals surface area contributed by atoms with Crippen LogP contribution in [0.4, 0.5) is 4.39 Å². The van der Waals surface area contributed by atoms with Crippen LogP contribution in [0, 0.1) is 11.7 Å². The Bertz CT molecular complexity index is 1160. The molecule has 0 fully saturated rings. The quantitative estimate of drug-likeness (QED) is 0.552. The number of aromatic nitrogens is 2. The molecule has 2 heterocycles. The van der Waals surface area contributed by atoms with Gasteiger partial charge in [-0.25, -0.2) is 9.37 Å². The molecule has 0 radical (unpaired) electrons. The second kappa shape index (κ2) is 7.71. The molecule has 8 heteroatoms. The number of halogens is 3. The number of carbonyl (C=O) groups is 1. The third-order valence-electron chi connectivity index (χ3n) is 4.75. The van der Waals surface area contributed by atoms with E-state index in [4.69, 9.17) is 23.2 Å². The maximum Gasteiger partial charge on any atom is 0.312 e. The molecule has 0 amide bonds. The van der Waals surface area contributed by atoms with Crippen molar-refractivity contribution >= 4 is 40.5 Å². The van der Waals surface area contributed by atoms with Crippen molar-refractivity contribution in [3.8, 4) is 11.3 Å². The smallest absolute Gasteiger partial charge is 0.312 e. The minimum atomic E-state index is -1.37. The predicted octanol–water partition coefficient (Wildman–Crippen LogP) is 5.76. The summed E-state index contributed by atoms with van der Waals surface area (Å²) in [5.41, 5.74) is -0.0411. The highest BCUT2D eigenvalue weighted by atomic mass is 35.5. The van der Waals surface area contributed by atoms with Crippen LogP contribution in [0.2, 0.25) is 10.0 Å². The first kappa shape index (κ1) is 19.8. The van der Waals surface area contributed by atoms with E-state index in [1.807, 2.05) is 0 Å². The van der Waals surface area contributed by atoms with Crippen LogP contribution < -0.4 is 0 Å². The van der Waals surface area contributed by atoms with E-state index < -0.39 is 23.1 Å². The molecular formula is C21H13Cl2FN2O2S. The number of hydrogen-bond donors (Lipinski definition) is 1. The lowest BCUT2D eigenvalue weighted by Gasteiger charge is -2.34. The summed E-state index contributed by atoms with van der Waals surface area (Å²) in [6.45, 7) is 0. The molecule has 1 aromatic carbocycles. The summed E-state index contributed by atoms with van der Waals surface area (Å²) in [6.07, 6.45) is 7.93. The topological polar surface area (TPSA) is 63.1 Å². The summed E-state index contributed by atoms with van der Waals surface area (Å²) in [5.74, 6) is -2.75. The van der Waals surface area contributed by atoms with Gasteiger partial charge in [0.25, 0.3) is 0 Å². The van der Waals surface area contributed by atoms with Crippen LogP contribution in [-0.4, -0.2) is 21.0 Å². The Morgan fingerprint density at radius 2 is 2.03 bits per heavy atom. The number of carboxylic acids is 1. The first-order valence-corrected chi connectivity index (χ1v) is 10.2. The zero-order valence-corrected chi connectivity index (χ0v) is 17.0. The van der Waals surface area contributed by atoms with E-state index in [1.165, 1.54) is 35.7 Å². The van der Waals surface area contributed by atoms with Crippen molar-refractivity contribution < 1.29 is 14.3 Å². The lowest BCUT2D eigenvalue weighted by molar-refractivity contribution is -0.141. The summed E-state index contributed by atoms with van der Waals surface area (Å²) in [6, 6.07) is 7.85. The number of thiazole rings is 1. The molecule has 0 saturated carbocycles. The molecular weight excluding hydrogens is 434 g/mol. The molecule has 3 aromatic rings. The molecule has 0 aliphatic heterocycles. The highest BCUT2D eigenvalue weighted by Gasteiger charge is 2.49. The van der Waals surface area contributed by atoms with Crippen molar-refractivity contribution in [3.63, 3.8) is 0 Å². The van der Waals surface area contributed by atoms with Gasteiger partial charge in [-0.15, -0.1) is 11.3 Å². The van der Waals surface area contributed by atoms with Crippen molar-refractivity contribution in [2.24, 2.45) is 5.92 Å². The third-order valence-corrected chi connectivity index (χ3v) is 6.49. The average molecular weight is 447 g/mol. The number of allylic oxidation sites excluding steroid dienone is 3. The Morgan fingerprint density at radius 3 is 2.76 bits per heavy atom. The van der Waals surface area contributed by atoms with Gasteiger partial charge in [0, 0.05) is 17.1 Å². The van der Waals surface area contributed by atoms with Crippen molar-refractivity contribution in [1.82, 2.24) is 9.97 Å². The van der Waals surface area contributed by atoms with E-state index >= 15 is 0 Å². The average Bonchev–Trinajstić information content (AvgIpc) is 3.21. The molecule has 4 rings (SSSR count). The molecule has 0 spiro atoms. The van der Waals surface area contributed by atoms with Gasteiger partial charge in [0.15, 0.2) is 0 Å². The zero-order chi connectivity index (χ0) is 20.6. The minimum absolute atomic E-state index is 0.0167. The van der Waals surface area contributed by atoms with Crippen molar-refractivity contribution in [2.75, 3.05) is 0 Å². The molecule has 29 heavy (non-hydrogen) atoms. The second-order valence-electron chi connectivity index (χ2n) is 6.43. The minimum Gasteiger partial charge on any atom is -0.481 e. The van der Waals surface area contributed by atoms with Gasteiger partial charge in [-0.1, -0.05) is 53.6 Å². The van der Waals surface area contributed by atoms with Crippen LogP contribution in [0.5, 0.6) is 0 Å². The molecule has 4 nitrogen and oxygen atoms in total. The molecule has 0 bridgehead atoms. The lowest BCUT2D eigenvalue weighted by Crippen LogP contribution is -2.41. The second-order valence-corrected chi connectivity index (χ2v) is 8.10. The van der Waals surface area contributed by atoms with Gasteiger partial charge >= 0.3 is 5.97 Å². The number of nitrogens with zero attached hydrogens (tertiary/aromatic N) is 2. The molecule has 0 saturated heterocycles. The third kappa shape index (κ3) is 3.37.